The zero-order valence-corrected chi connectivity index (χ0v) is 17.0. The van der Waals surface area contributed by atoms with E-state index in [2.05, 4.69) is 11.8 Å². The number of halogens is 2. The molecule has 6 nitrogen and oxygen atoms in total. The molecule has 2 fully saturated rings. The number of carbonyl (C=O) groups is 1. The molecular formula is C18H25ClFN3O3S. The van der Waals surface area contributed by atoms with Crippen molar-refractivity contribution in [2.24, 2.45) is 0 Å². The van der Waals surface area contributed by atoms with Crippen molar-refractivity contribution in [2.45, 2.75) is 37.1 Å². The molecule has 0 aromatic heterocycles. The molecule has 1 aromatic carbocycles. The van der Waals surface area contributed by atoms with Gasteiger partial charge in [-0.15, -0.1) is 0 Å². The molecule has 0 spiro atoms. The zero-order chi connectivity index (χ0) is 19.6. The standard InChI is InChI=1S/C18H25ClFN3O3S/c1-14-4-2-3-7-22(14)13-18(24)21-8-10-23(11-9-21)27(25,26)15-5-6-17(20)16(19)12-15/h5-6,12,14H,2-4,7-11,13H2,1H3/t14-/m0/s1. The summed E-state index contributed by atoms with van der Waals surface area (Å²) in [5.41, 5.74) is 0. The van der Waals surface area contributed by atoms with Crippen LogP contribution in [0.1, 0.15) is 26.2 Å². The van der Waals surface area contributed by atoms with Gasteiger partial charge in [0.15, 0.2) is 0 Å². The lowest BCUT2D eigenvalue weighted by Crippen LogP contribution is -2.53. The van der Waals surface area contributed by atoms with E-state index >= 15 is 0 Å². The van der Waals surface area contributed by atoms with Crippen LogP contribution in [0.4, 0.5) is 4.39 Å². The smallest absolute Gasteiger partial charge is 0.243 e. The molecular weight excluding hydrogens is 393 g/mol. The average Bonchev–Trinajstić information content (AvgIpc) is 2.65. The van der Waals surface area contributed by atoms with E-state index < -0.39 is 15.8 Å². The maximum absolute atomic E-state index is 13.3. The lowest BCUT2D eigenvalue weighted by atomic mass is 10.0. The minimum atomic E-state index is -3.75. The minimum absolute atomic E-state index is 0.0316. The summed E-state index contributed by atoms with van der Waals surface area (Å²) in [6.07, 6.45) is 3.43. The van der Waals surface area contributed by atoms with E-state index in [0.717, 1.165) is 31.5 Å². The first-order valence-electron chi connectivity index (χ1n) is 9.26. The van der Waals surface area contributed by atoms with Crippen molar-refractivity contribution >= 4 is 27.5 Å². The summed E-state index contributed by atoms with van der Waals surface area (Å²) in [6.45, 7) is 4.63. The second kappa shape index (κ2) is 8.43. The summed E-state index contributed by atoms with van der Waals surface area (Å²) in [7, 11) is -3.75. The van der Waals surface area contributed by atoms with Gasteiger partial charge < -0.3 is 4.90 Å². The fourth-order valence-corrected chi connectivity index (χ4v) is 5.32. The van der Waals surface area contributed by atoms with Gasteiger partial charge in [-0.1, -0.05) is 18.0 Å². The Morgan fingerprint density at radius 1 is 1.19 bits per heavy atom. The molecule has 27 heavy (non-hydrogen) atoms. The quantitative estimate of drug-likeness (QED) is 0.753. The molecule has 0 radical (unpaired) electrons. The van der Waals surface area contributed by atoms with Crippen molar-refractivity contribution in [1.29, 1.82) is 0 Å². The third-order valence-corrected chi connectivity index (χ3v) is 7.58. The Labute approximate surface area is 164 Å². The maximum atomic E-state index is 13.3. The molecule has 0 bridgehead atoms. The highest BCUT2D eigenvalue weighted by Gasteiger charge is 2.31. The number of carbonyl (C=O) groups excluding carboxylic acids is 1. The Morgan fingerprint density at radius 3 is 2.52 bits per heavy atom. The SMILES string of the molecule is C[C@H]1CCCCN1CC(=O)N1CCN(S(=O)(=O)c2ccc(F)c(Cl)c2)CC1. The highest BCUT2D eigenvalue weighted by molar-refractivity contribution is 7.89. The third-order valence-electron chi connectivity index (χ3n) is 5.40. The van der Waals surface area contributed by atoms with Gasteiger partial charge in [0.25, 0.3) is 0 Å². The predicted octanol–water partition coefficient (Wildman–Crippen LogP) is 2.19. The zero-order valence-electron chi connectivity index (χ0n) is 15.4. The second-order valence-electron chi connectivity index (χ2n) is 7.18. The number of hydrogen-bond acceptors (Lipinski definition) is 4. The number of sulfonamides is 1. The van der Waals surface area contributed by atoms with Gasteiger partial charge in [-0.3, -0.25) is 9.69 Å². The number of likely N-dealkylation sites (tertiary alicyclic amines) is 1. The van der Waals surface area contributed by atoms with Crippen LogP contribution in [0.5, 0.6) is 0 Å². The third kappa shape index (κ3) is 4.62. The molecule has 0 unspecified atom stereocenters. The number of benzene rings is 1. The van der Waals surface area contributed by atoms with Gasteiger partial charge in [-0.2, -0.15) is 4.31 Å². The van der Waals surface area contributed by atoms with E-state index in [1.54, 1.807) is 4.90 Å². The number of piperazine rings is 1. The lowest BCUT2D eigenvalue weighted by molar-refractivity contribution is -0.134. The number of hydrogen-bond donors (Lipinski definition) is 0. The first kappa shape index (κ1) is 20.5. The van der Waals surface area contributed by atoms with E-state index in [0.29, 0.717) is 25.7 Å². The molecule has 0 saturated carbocycles. The number of piperidine rings is 1. The molecule has 150 valence electrons. The molecule has 0 N–H and O–H groups in total. The molecule has 2 saturated heterocycles. The van der Waals surface area contributed by atoms with Gasteiger partial charge in [0.05, 0.1) is 16.5 Å². The van der Waals surface area contributed by atoms with E-state index in [9.17, 15) is 17.6 Å². The Kier molecular flexibility index (Phi) is 6.40. The van der Waals surface area contributed by atoms with Crippen LogP contribution >= 0.6 is 11.6 Å². The molecule has 2 heterocycles. The van der Waals surface area contributed by atoms with Crippen molar-refractivity contribution in [3.05, 3.63) is 29.0 Å². The topological polar surface area (TPSA) is 60.9 Å². The van der Waals surface area contributed by atoms with Crippen LogP contribution < -0.4 is 0 Å². The van der Waals surface area contributed by atoms with Gasteiger partial charge in [-0.25, -0.2) is 12.8 Å². The van der Waals surface area contributed by atoms with Crippen molar-refractivity contribution in [3.63, 3.8) is 0 Å². The first-order valence-corrected chi connectivity index (χ1v) is 11.1. The lowest BCUT2D eigenvalue weighted by Gasteiger charge is -2.37. The van der Waals surface area contributed by atoms with Crippen LogP contribution in [0.2, 0.25) is 5.02 Å². The van der Waals surface area contributed by atoms with Crippen LogP contribution in [-0.2, 0) is 14.8 Å². The Balaban J connectivity index is 1.59. The molecule has 0 aliphatic carbocycles. The van der Waals surface area contributed by atoms with Crippen molar-refractivity contribution in [1.82, 2.24) is 14.1 Å². The van der Waals surface area contributed by atoms with Crippen LogP contribution in [0.15, 0.2) is 23.1 Å². The largest absolute Gasteiger partial charge is 0.339 e. The number of rotatable bonds is 4. The average molecular weight is 418 g/mol. The Hall–Kier alpha value is -1.22. The molecule has 1 amide bonds. The predicted molar refractivity (Wildman–Crippen MR) is 102 cm³/mol. The van der Waals surface area contributed by atoms with E-state index in [4.69, 9.17) is 11.6 Å². The fourth-order valence-electron chi connectivity index (χ4n) is 3.63. The monoisotopic (exact) mass is 417 g/mol. The van der Waals surface area contributed by atoms with Crippen LogP contribution in [0, 0.1) is 5.82 Å². The molecule has 2 aliphatic heterocycles. The minimum Gasteiger partial charge on any atom is -0.339 e. The molecule has 2 aliphatic rings. The molecule has 1 aromatic rings. The van der Waals surface area contributed by atoms with Crippen molar-refractivity contribution in [3.8, 4) is 0 Å². The molecule has 3 rings (SSSR count). The summed E-state index contributed by atoms with van der Waals surface area (Å²) in [6, 6.07) is 3.80. The highest BCUT2D eigenvalue weighted by atomic mass is 35.5. The van der Waals surface area contributed by atoms with Crippen molar-refractivity contribution < 1.29 is 17.6 Å². The van der Waals surface area contributed by atoms with Gasteiger partial charge in [-0.05, 0) is 44.5 Å². The maximum Gasteiger partial charge on any atom is 0.243 e. The highest BCUT2D eigenvalue weighted by Crippen LogP contribution is 2.23. The van der Waals surface area contributed by atoms with E-state index in [-0.39, 0.29) is 28.9 Å². The Bertz CT molecular complexity index is 797. The summed E-state index contributed by atoms with van der Waals surface area (Å²) in [5, 5.41) is -0.222. The van der Waals surface area contributed by atoms with Crippen molar-refractivity contribution in [2.75, 3.05) is 39.3 Å². The van der Waals surface area contributed by atoms with E-state index in [1.807, 2.05) is 0 Å². The van der Waals surface area contributed by atoms with Gasteiger partial charge in [0, 0.05) is 32.2 Å². The summed E-state index contributed by atoms with van der Waals surface area (Å²) >= 11 is 5.71. The van der Waals surface area contributed by atoms with Crippen LogP contribution in [-0.4, -0.2) is 73.7 Å². The molecule has 1 atom stereocenters. The van der Waals surface area contributed by atoms with Gasteiger partial charge >= 0.3 is 0 Å². The van der Waals surface area contributed by atoms with Crippen LogP contribution in [0.25, 0.3) is 0 Å². The molecule has 9 heteroatoms. The normalized spacial score (nSPS) is 22.8. The summed E-state index contributed by atoms with van der Waals surface area (Å²) in [4.78, 5) is 16.5. The summed E-state index contributed by atoms with van der Waals surface area (Å²) in [5.74, 6) is -0.608. The Morgan fingerprint density at radius 2 is 1.89 bits per heavy atom. The fraction of sp³-hybridized carbons (Fsp3) is 0.611. The summed E-state index contributed by atoms with van der Waals surface area (Å²) < 4.78 is 40.1. The first-order chi connectivity index (χ1) is 12.8. The van der Waals surface area contributed by atoms with Gasteiger partial charge in [0.1, 0.15) is 5.82 Å². The second-order valence-corrected chi connectivity index (χ2v) is 9.52. The van der Waals surface area contributed by atoms with Crippen LogP contribution in [0.3, 0.4) is 0 Å². The van der Waals surface area contributed by atoms with Gasteiger partial charge in [0.2, 0.25) is 15.9 Å². The number of nitrogens with zero attached hydrogens (tertiary/aromatic N) is 3. The number of amides is 1. The van der Waals surface area contributed by atoms with E-state index in [1.165, 1.54) is 16.8 Å².